The predicted molar refractivity (Wildman–Crippen MR) is 135 cm³/mol. The maximum Gasteiger partial charge on any atom is 0.255 e. The average Bonchev–Trinajstić information content (AvgIpc) is 3.44. The molecule has 1 N–H and O–H groups in total. The molecule has 1 aromatic heterocycles. The number of rotatable bonds is 6. The van der Waals surface area contributed by atoms with Gasteiger partial charge >= 0.3 is 0 Å². The summed E-state index contributed by atoms with van der Waals surface area (Å²) in [6.45, 7) is 2.08. The van der Waals surface area contributed by atoms with Gasteiger partial charge in [0.1, 0.15) is 0 Å². The molecule has 5 rings (SSSR count). The number of benzene rings is 3. The summed E-state index contributed by atoms with van der Waals surface area (Å²) in [5.74, 6) is -0.234. The number of allylic oxidation sites excluding steroid dienone is 2. The molecule has 0 bridgehead atoms. The number of carbonyl (C=O) groups is 2. The first-order valence-electron chi connectivity index (χ1n) is 11.0. The van der Waals surface area contributed by atoms with Crippen molar-refractivity contribution in [2.45, 2.75) is 19.4 Å². The average molecular weight is 468 g/mol. The molecule has 34 heavy (non-hydrogen) atoms. The number of imidazole rings is 1. The van der Waals surface area contributed by atoms with Gasteiger partial charge < -0.3 is 9.88 Å². The Bertz CT molecular complexity index is 1390. The topological polar surface area (TPSA) is 64.0 Å². The van der Waals surface area contributed by atoms with Crippen molar-refractivity contribution in [3.63, 3.8) is 0 Å². The van der Waals surface area contributed by atoms with Crippen molar-refractivity contribution in [1.82, 2.24) is 9.55 Å². The van der Waals surface area contributed by atoms with Gasteiger partial charge in [-0.25, -0.2) is 4.98 Å². The predicted octanol–water partition coefficient (Wildman–Crippen LogP) is 6.55. The quantitative estimate of drug-likeness (QED) is 0.327. The second-order valence-corrected chi connectivity index (χ2v) is 8.71. The maximum atomic E-state index is 13.3. The third-order valence-electron chi connectivity index (χ3n) is 6.16. The molecule has 0 radical (unpaired) electrons. The number of fused-ring (bicyclic) bond motifs is 1. The molecule has 1 atom stereocenters. The lowest BCUT2D eigenvalue weighted by Crippen LogP contribution is -2.14. The number of aromatic nitrogens is 2. The molecule has 2 heterocycles. The number of hydrogen-bond acceptors (Lipinski definition) is 3. The van der Waals surface area contributed by atoms with Crippen molar-refractivity contribution in [2.24, 2.45) is 0 Å². The summed E-state index contributed by atoms with van der Waals surface area (Å²) in [5.41, 5.74) is 6.12. The molecule has 0 aliphatic carbocycles. The number of halogens is 1. The lowest BCUT2D eigenvalue weighted by Gasteiger charge is -2.18. The van der Waals surface area contributed by atoms with Crippen molar-refractivity contribution in [3.05, 3.63) is 119 Å². The van der Waals surface area contributed by atoms with Gasteiger partial charge in [0.15, 0.2) is 5.78 Å². The van der Waals surface area contributed by atoms with Gasteiger partial charge in [-0.05, 0) is 60.0 Å². The standard InChI is InChI=1S/C28H22ClN3O2/c1-18-25-16-30-17-32(25)24(27(18)20-5-3-2-4-6-20)15-26(33)19-7-9-21(10-8-19)28(34)31-23-13-11-22(29)12-14-23/h2-14,16-17,24H,15H2,1H3,(H,31,34). The van der Waals surface area contributed by atoms with Gasteiger partial charge in [0.05, 0.1) is 24.3 Å². The molecule has 0 fully saturated rings. The molecule has 168 valence electrons. The Hall–Kier alpha value is -3.96. The first-order chi connectivity index (χ1) is 16.5. The highest BCUT2D eigenvalue weighted by Crippen LogP contribution is 2.44. The highest BCUT2D eigenvalue weighted by molar-refractivity contribution is 6.30. The van der Waals surface area contributed by atoms with Crippen LogP contribution in [0.25, 0.3) is 11.1 Å². The lowest BCUT2D eigenvalue weighted by molar-refractivity contribution is 0.0970. The molecule has 0 saturated heterocycles. The van der Waals surface area contributed by atoms with Crippen LogP contribution in [0.1, 0.15) is 51.4 Å². The van der Waals surface area contributed by atoms with E-state index in [-0.39, 0.29) is 17.7 Å². The van der Waals surface area contributed by atoms with E-state index in [1.807, 2.05) is 24.4 Å². The molecular formula is C28H22ClN3O2. The maximum absolute atomic E-state index is 13.3. The van der Waals surface area contributed by atoms with E-state index in [0.717, 1.165) is 22.4 Å². The van der Waals surface area contributed by atoms with E-state index < -0.39 is 0 Å². The van der Waals surface area contributed by atoms with E-state index in [2.05, 4.69) is 33.9 Å². The van der Waals surface area contributed by atoms with Gasteiger partial charge in [0.25, 0.3) is 5.91 Å². The summed E-state index contributed by atoms with van der Waals surface area (Å²) >= 11 is 5.89. The fraction of sp³-hybridized carbons (Fsp3) is 0.107. The summed E-state index contributed by atoms with van der Waals surface area (Å²) in [7, 11) is 0. The second-order valence-electron chi connectivity index (χ2n) is 8.27. The summed E-state index contributed by atoms with van der Waals surface area (Å²) in [5, 5.41) is 3.43. The summed E-state index contributed by atoms with van der Waals surface area (Å²) in [6, 6.07) is 23.7. The van der Waals surface area contributed by atoms with Crippen LogP contribution >= 0.6 is 11.6 Å². The number of hydrogen-bond donors (Lipinski definition) is 1. The molecule has 1 aliphatic heterocycles. The fourth-order valence-electron chi connectivity index (χ4n) is 4.43. The van der Waals surface area contributed by atoms with E-state index >= 15 is 0 Å². The van der Waals surface area contributed by atoms with Crippen molar-refractivity contribution in [1.29, 1.82) is 0 Å². The minimum absolute atomic E-state index is 0.0115. The largest absolute Gasteiger partial charge is 0.323 e. The molecule has 1 unspecified atom stereocenters. The molecule has 5 nitrogen and oxygen atoms in total. The number of carbonyl (C=O) groups excluding carboxylic acids is 2. The number of amides is 1. The molecule has 6 heteroatoms. The van der Waals surface area contributed by atoms with Crippen LogP contribution in [0.15, 0.2) is 91.4 Å². The summed E-state index contributed by atoms with van der Waals surface area (Å²) < 4.78 is 2.07. The molecular weight excluding hydrogens is 446 g/mol. The van der Waals surface area contributed by atoms with Crippen LogP contribution in [0.4, 0.5) is 5.69 Å². The van der Waals surface area contributed by atoms with Crippen LogP contribution in [-0.2, 0) is 0 Å². The van der Waals surface area contributed by atoms with Gasteiger partial charge in [0, 0.05) is 28.3 Å². The van der Waals surface area contributed by atoms with Crippen LogP contribution in [0.3, 0.4) is 0 Å². The first kappa shape index (κ1) is 21.9. The Morgan fingerprint density at radius 3 is 2.32 bits per heavy atom. The van der Waals surface area contributed by atoms with Gasteiger partial charge in [0.2, 0.25) is 0 Å². The van der Waals surface area contributed by atoms with E-state index in [1.54, 1.807) is 54.9 Å². The number of anilines is 1. The number of nitrogens with one attached hydrogen (secondary N) is 1. The van der Waals surface area contributed by atoms with Crippen molar-refractivity contribution in [2.75, 3.05) is 5.32 Å². The van der Waals surface area contributed by atoms with Crippen LogP contribution in [0, 0.1) is 0 Å². The Morgan fingerprint density at radius 2 is 1.62 bits per heavy atom. The van der Waals surface area contributed by atoms with Crippen molar-refractivity contribution >= 4 is 40.1 Å². The zero-order chi connectivity index (χ0) is 23.7. The minimum atomic E-state index is -0.245. The highest BCUT2D eigenvalue weighted by atomic mass is 35.5. The van der Waals surface area contributed by atoms with Crippen LogP contribution in [0.5, 0.6) is 0 Å². The van der Waals surface area contributed by atoms with Crippen LogP contribution in [-0.4, -0.2) is 21.2 Å². The smallest absolute Gasteiger partial charge is 0.255 e. The molecule has 4 aromatic rings. The molecule has 1 amide bonds. The van der Waals surface area contributed by atoms with E-state index in [4.69, 9.17) is 11.6 Å². The van der Waals surface area contributed by atoms with Gasteiger partial charge in [-0.1, -0.05) is 54.1 Å². The van der Waals surface area contributed by atoms with E-state index in [0.29, 0.717) is 28.3 Å². The Labute approximate surface area is 202 Å². The fourth-order valence-corrected chi connectivity index (χ4v) is 4.56. The van der Waals surface area contributed by atoms with E-state index in [1.165, 1.54) is 0 Å². The number of nitrogens with zero attached hydrogens (tertiary/aromatic N) is 2. The number of ketones is 1. The Morgan fingerprint density at radius 1 is 0.941 bits per heavy atom. The zero-order valence-corrected chi connectivity index (χ0v) is 19.3. The normalized spacial score (nSPS) is 14.7. The third kappa shape index (κ3) is 4.18. The zero-order valence-electron chi connectivity index (χ0n) is 18.5. The Balaban J connectivity index is 1.34. The number of Topliss-reactive ketones (excluding diaryl/α,β-unsaturated/α-hetero) is 1. The first-order valence-corrected chi connectivity index (χ1v) is 11.4. The van der Waals surface area contributed by atoms with Crippen molar-refractivity contribution < 1.29 is 9.59 Å². The molecule has 0 spiro atoms. The second kappa shape index (κ2) is 9.12. The molecule has 0 saturated carbocycles. The molecule has 1 aliphatic rings. The monoisotopic (exact) mass is 467 g/mol. The van der Waals surface area contributed by atoms with Crippen molar-refractivity contribution in [3.8, 4) is 0 Å². The third-order valence-corrected chi connectivity index (χ3v) is 6.41. The summed E-state index contributed by atoms with van der Waals surface area (Å²) in [4.78, 5) is 30.1. The van der Waals surface area contributed by atoms with Gasteiger partial charge in [-0.15, -0.1) is 0 Å². The van der Waals surface area contributed by atoms with Gasteiger partial charge in [-0.3, -0.25) is 9.59 Å². The minimum Gasteiger partial charge on any atom is -0.323 e. The van der Waals surface area contributed by atoms with Crippen LogP contribution in [0.2, 0.25) is 5.02 Å². The molecule has 3 aromatic carbocycles. The summed E-state index contributed by atoms with van der Waals surface area (Å²) in [6.07, 6.45) is 3.94. The van der Waals surface area contributed by atoms with Crippen LogP contribution < -0.4 is 5.32 Å². The lowest BCUT2D eigenvalue weighted by atomic mass is 9.91. The highest BCUT2D eigenvalue weighted by Gasteiger charge is 2.31. The van der Waals surface area contributed by atoms with E-state index in [9.17, 15) is 9.59 Å². The SMILES string of the molecule is CC1=C(c2ccccc2)C(CC(=O)c2ccc(C(=O)Nc3ccc(Cl)cc3)cc2)n2cncc21. The van der Waals surface area contributed by atoms with Gasteiger partial charge in [-0.2, -0.15) is 0 Å². The Kier molecular flexibility index (Phi) is 5.86.